The van der Waals surface area contributed by atoms with Gasteiger partial charge in [-0.1, -0.05) is 36.7 Å². The van der Waals surface area contributed by atoms with E-state index in [-0.39, 0.29) is 12.0 Å². The molecule has 1 aromatic heterocycles. The number of aryl methyl sites for hydroxylation is 1. The molecule has 5 N–H and O–H groups in total. The van der Waals surface area contributed by atoms with Crippen LogP contribution >= 0.6 is 11.6 Å². The van der Waals surface area contributed by atoms with E-state index in [4.69, 9.17) is 22.3 Å². The number of aromatic nitrogens is 3. The molecule has 4 rings (SSSR count). The lowest BCUT2D eigenvalue weighted by Crippen LogP contribution is -2.27. The summed E-state index contributed by atoms with van der Waals surface area (Å²) >= 11 is 6.05. The molecule has 1 saturated heterocycles. The molecule has 2 atom stereocenters. The van der Waals surface area contributed by atoms with Gasteiger partial charge in [0.2, 0.25) is 23.8 Å². The fourth-order valence-corrected chi connectivity index (χ4v) is 4.16. The number of nitrogens with one attached hydrogen (secondary N) is 3. The van der Waals surface area contributed by atoms with Crippen molar-refractivity contribution in [2.45, 2.75) is 32.2 Å². The number of anilines is 4. The SMILES string of the molecule is Cc1ccc(C(N)=O)cc1Nc1nc(N[C@@H]2CCNC2)nc(N(C)CC(C)c2ccc(Cl)cc2)n1. The molecular weight excluding hydrogens is 464 g/mol. The van der Waals surface area contributed by atoms with Crippen LogP contribution in [-0.4, -0.2) is 53.6 Å². The molecule has 2 aromatic carbocycles. The van der Waals surface area contributed by atoms with Gasteiger partial charge in [-0.3, -0.25) is 4.79 Å². The molecule has 2 heterocycles. The highest BCUT2D eigenvalue weighted by Gasteiger charge is 2.19. The summed E-state index contributed by atoms with van der Waals surface area (Å²) in [7, 11) is 1.96. The van der Waals surface area contributed by atoms with Crippen LogP contribution in [0.2, 0.25) is 5.02 Å². The summed E-state index contributed by atoms with van der Waals surface area (Å²) in [6.07, 6.45) is 0.993. The van der Waals surface area contributed by atoms with E-state index < -0.39 is 5.91 Å². The Labute approximate surface area is 210 Å². The Hall–Kier alpha value is -3.43. The third kappa shape index (κ3) is 6.37. The highest BCUT2D eigenvalue weighted by molar-refractivity contribution is 6.30. The summed E-state index contributed by atoms with van der Waals surface area (Å²) in [6.45, 7) is 6.61. The number of hydrogen-bond acceptors (Lipinski definition) is 8. The van der Waals surface area contributed by atoms with Crippen molar-refractivity contribution < 1.29 is 4.79 Å². The Morgan fingerprint density at radius 2 is 1.94 bits per heavy atom. The van der Waals surface area contributed by atoms with Gasteiger partial charge in [-0.15, -0.1) is 0 Å². The minimum absolute atomic E-state index is 0.232. The molecule has 0 bridgehead atoms. The molecule has 0 aliphatic carbocycles. The first-order valence-electron chi connectivity index (χ1n) is 11.7. The number of nitrogens with two attached hydrogens (primary N) is 1. The quantitative estimate of drug-likeness (QED) is 0.355. The van der Waals surface area contributed by atoms with Gasteiger partial charge in [-0.05, 0) is 61.2 Å². The summed E-state index contributed by atoms with van der Waals surface area (Å²) in [4.78, 5) is 27.7. The third-order valence-corrected chi connectivity index (χ3v) is 6.37. The normalized spacial score (nSPS) is 16.1. The molecule has 3 aromatic rings. The van der Waals surface area contributed by atoms with Gasteiger partial charge < -0.3 is 26.6 Å². The van der Waals surface area contributed by atoms with Crippen LogP contribution in [0.3, 0.4) is 0 Å². The van der Waals surface area contributed by atoms with Crippen molar-refractivity contribution in [1.82, 2.24) is 20.3 Å². The van der Waals surface area contributed by atoms with Gasteiger partial charge >= 0.3 is 0 Å². The largest absolute Gasteiger partial charge is 0.366 e. The van der Waals surface area contributed by atoms with Crippen LogP contribution in [0.15, 0.2) is 42.5 Å². The first-order valence-corrected chi connectivity index (χ1v) is 12.0. The molecule has 0 spiro atoms. The first kappa shape index (κ1) is 24.7. The number of carbonyl (C=O) groups excluding carboxylic acids is 1. The lowest BCUT2D eigenvalue weighted by molar-refractivity contribution is 0.100. The van der Waals surface area contributed by atoms with Gasteiger partial charge in [0.25, 0.3) is 0 Å². The van der Waals surface area contributed by atoms with Gasteiger partial charge in [-0.2, -0.15) is 15.0 Å². The maximum Gasteiger partial charge on any atom is 0.248 e. The first-order chi connectivity index (χ1) is 16.8. The highest BCUT2D eigenvalue weighted by atomic mass is 35.5. The summed E-state index contributed by atoms with van der Waals surface area (Å²) in [5.74, 6) is 1.17. The van der Waals surface area contributed by atoms with Crippen molar-refractivity contribution in [3.05, 3.63) is 64.2 Å². The molecule has 1 fully saturated rings. The Bertz CT molecular complexity index is 1180. The summed E-state index contributed by atoms with van der Waals surface area (Å²) in [6, 6.07) is 13.4. The number of likely N-dealkylation sites (N-methyl/N-ethyl adjacent to an activating group) is 1. The number of nitrogens with zero attached hydrogens (tertiary/aromatic N) is 4. The van der Waals surface area contributed by atoms with Gasteiger partial charge in [0.15, 0.2) is 0 Å². The third-order valence-electron chi connectivity index (χ3n) is 6.11. The van der Waals surface area contributed by atoms with E-state index in [1.54, 1.807) is 12.1 Å². The summed E-state index contributed by atoms with van der Waals surface area (Å²) in [5.41, 5.74) is 8.72. The van der Waals surface area contributed by atoms with Crippen LogP contribution in [-0.2, 0) is 0 Å². The Balaban J connectivity index is 1.60. The van der Waals surface area contributed by atoms with E-state index in [1.807, 2.05) is 49.2 Å². The molecule has 10 heteroatoms. The summed E-state index contributed by atoms with van der Waals surface area (Å²) < 4.78 is 0. The number of benzene rings is 2. The van der Waals surface area contributed by atoms with Crippen LogP contribution in [0.25, 0.3) is 0 Å². The second kappa shape index (κ2) is 10.9. The molecule has 0 radical (unpaired) electrons. The number of carbonyl (C=O) groups is 1. The van der Waals surface area contributed by atoms with Crippen molar-refractivity contribution in [3.63, 3.8) is 0 Å². The van der Waals surface area contributed by atoms with Crippen LogP contribution in [0.1, 0.15) is 40.7 Å². The average molecular weight is 495 g/mol. The molecule has 35 heavy (non-hydrogen) atoms. The number of hydrogen-bond donors (Lipinski definition) is 4. The van der Waals surface area contributed by atoms with E-state index in [1.165, 1.54) is 5.56 Å². The van der Waals surface area contributed by atoms with Gasteiger partial charge in [0, 0.05) is 42.5 Å². The number of rotatable bonds is 9. The van der Waals surface area contributed by atoms with Gasteiger partial charge in [0.05, 0.1) is 0 Å². The fraction of sp³-hybridized carbons (Fsp3) is 0.360. The topological polar surface area (TPSA) is 121 Å². The molecule has 9 nitrogen and oxygen atoms in total. The smallest absolute Gasteiger partial charge is 0.248 e. The zero-order valence-corrected chi connectivity index (χ0v) is 20.9. The maximum absolute atomic E-state index is 11.7. The molecule has 1 amide bonds. The van der Waals surface area contributed by atoms with Crippen molar-refractivity contribution >= 4 is 41.0 Å². The zero-order valence-electron chi connectivity index (χ0n) is 20.2. The number of halogens is 1. The van der Waals surface area contributed by atoms with Crippen molar-refractivity contribution in [2.75, 3.05) is 42.2 Å². The predicted octanol–water partition coefficient (Wildman–Crippen LogP) is 3.69. The lowest BCUT2D eigenvalue weighted by Gasteiger charge is -2.23. The molecule has 184 valence electrons. The van der Waals surface area contributed by atoms with Crippen LogP contribution in [0.5, 0.6) is 0 Å². The fourth-order valence-electron chi connectivity index (χ4n) is 4.04. The van der Waals surface area contributed by atoms with E-state index in [0.717, 1.165) is 30.1 Å². The second-order valence-corrected chi connectivity index (χ2v) is 9.41. The average Bonchev–Trinajstić information content (AvgIpc) is 3.33. The molecular formula is C25H31ClN8O. The Morgan fingerprint density at radius 1 is 1.20 bits per heavy atom. The maximum atomic E-state index is 11.7. The lowest BCUT2D eigenvalue weighted by atomic mass is 10.0. The van der Waals surface area contributed by atoms with Gasteiger partial charge in [0.1, 0.15) is 0 Å². The summed E-state index contributed by atoms with van der Waals surface area (Å²) in [5, 5.41) is 10.7. The molecule has 1 aliphatic rings. The van der Waals surface area contributed by atoms with E-state index in [2.05, 4.69) is 32.8 Å². The predicted molar refractivity (Wildman–Crippen MR) is 141 cm³/mol. The van der Waals surface area contributed by atoms with E-state index in [9.17, 15) is 4.79 Å². The number of primary amides is 1. The highest BCUT2D eigenvalue weighted by Crippen LogP contribution is 2.24. The van der Waals surface area contributed by atoms with Crippen molar-refractivity contribution in [2.24, 2.45) is 5.73 Å². The molecule has 0 saturated carbocycles. The Kier molecular flexibility index (Phi) is 7.67. The zero-order chi connectivity index (χ0) is 24.9. The van der Waals surface area contributed by atoms with E-state index >= 15 is 0 Å². The van der Waals surface area contributed by atoms with Crippen molar-refractivity contribution in [1.29, 1.82) is 0 Å². The molecule has 1 aliphatic heterocycles. The minimum Gasteiger partial charge on any atom is -0.366 e. The van der Waals surface area contributed by atoms with Crippen LogP contribution < -0.4 is 26.6 Å². The number of amides is 1. The van der Waals surface area contributed by atoms with Crippen LogP contribution in [0, 0.1) is 6.92 Å². The standard InChI is InChI=1S/C25H31ClN8O/c1-15-4-5-18(22(27)35)12-21(15)30-24-31-23(29-20-10-11-28-13-20)32-25(33-24)34(3)14-16(2)17-6-8-19(26)9-7-17/h4-9,12,16,20,28H,10-11,13-14H2,1-3H3,(H2,27,35)(H2,29,30,31,32,33)/t16?,20-/m1/s1. The van der Waals surface area contributed by atoms with Crippen molar-refractivity contribution in [3.8, 4) is 0 Å². The molecule has 1 unspecified atom stereocenters. The van der Waals surface area contributed by atoms with Gasteiger partial charge in [-0.25, -0.2) is 0 Å². The van der Waals surface area contributed by atoms with Crippen LogP contribution in [0.4, 0.5) is 23.5 Å². The Morgan fingerprint density at radius 3 is 2.63 bits per heavy atom. The second-order valence-electron chi connectivity index (χ2n) is 8.97. The minimum atomic E-state index is -0.489. The monoisotopic (exact) mass is 494 g/mol. The van der Waals surface area contributed by atoms with E-state index in [0.29, 0.717) is 35.6 Å².